The summed E-state index contributed by atoms with van der Waals surface area (Å²) in [6, 6.07) is 0.482. The number of aromatic nitrogens is 5. The van der Waals surface area contributed by atoms with Crippen LogP contribution in [0.4, 0.5) is 5.69 Å². The van der Waals surface area contributed by atoms with Gasteiger partial charge in [0.2, 0.25) is 5.89 Å². The molecule has 0 spiro atoms. The fraction of sp³-hybridized carbons (Fsp3) is 0.231. The van der Waals surface area contributed by atoms with Gasteiger partial charge < -0.3 is 9.73 Å². The zero-order chi connectivity index (χ0) is 14.2. The summed E-state index contributed by atoms with van der Waals surface area (Å²) in [6.45, 7) is 0. The lowest BCUT2D eigenvalue weighted by molar-refractivity contribution is 0.102. The van der Waals surface area contributed by atoms with E-state index < -0.39 is 0 Å². The quantitative estimate of drug-likeness (QED) is 0.761. The minimum atomic E-state index is -0.330. The second kappa shape index (κ2) is 4.58. The standard InChI is InChI=1S/C13H12N6O2/c20-12(17-9-5-16-19(6-9)10-1-2-10)11-7-21-13(18-11)8-3-14-15-4-8/h3-7,10H,1-2H2,(H,14,15)(H,17,20). The molecule has 1 aliphatic rings. The normalized spacial score (nSPS) is 14.3. The lowest BCUT2D eigenvalue weighted by Gasteiger charge is -1.98. The molecule has 4 rings (SSSR count). The Balaban J connectivity index is 1.49. The van der Waals surface area contributed by atoms with Gasteiger partial charge in [0.05, 0.1) is 29.7 Å². The van der Waals surface area contributed by atoms with E-state index in [0.29, 0.717) is 23.2 Å². The van der Waals surface area contributed by atoms with Gasteiger partial charge in [0.25, 0.3) is 5.91 Å². The maximum atomic E-state index is 12.1. The Kier molecular flexibility index (Phi) is 2.59. The summed E-state index contributed by atoms with van der Waals surface area (Å²) in [7, 11) is 0. The largest absolute Gasteiger partial charge is 0.444 e. The van der Waals surface area contributed by atoms with E-state index in [-0.39, 0.29) is 11.6 Å². The summed E-state index contributed by atoms with van der Waals surface area (Å²) < 4.78 is 7.14. The Bertz CT molecular complexity index is 768. The Morgan fingerprint density at radius 2 is 2.33 bits per heavy atom. The molecule has 1 fully saturated rings. The molecule has 3 aromatic rings. The van der Waals surface area contributed by atoms with E-state index in [4.69, 9.17) is 4.42 Å². The van der Waals surface area contributed by atoms with Crippen molar-refractivity contribution < 1.29 is 9.21 Å². The number of carbonyl (C=O) groups excluding carboxylic acids is 1. The average Bonchev–Trinajstić information content (AvgIpc) is 2.94. The fourth-order valence-corrected chi connectivity index (χ4v) is 2.01. The molecule has 0 atom stereocenters. The van der Waals surface area contributed by atoms with E-state index in [1.807, 2.05) is 10.9 Å². The van der Waals surface area contributed by atoms with E-state index >= 15 is 0 Å². The zero-order valence-corrected chi connectivity index (χ0v) is 11.0. The maximum Gasteiger partial charge on any atom is 0.277 e. The van der Waals surface area contributed by atoms with E-state index in [1.54, 1.807) is 18.6 Å². The second-order valence-electron chi connectivity index (χ2n) is 4.92. The van der Waals surface area contributed by atoms with Crippen LogP contribution in [0.1, 0.15) is 29.4 Å². The summed E-state index contributed by atoms with van der Waals surface area (Å²) >= 11 is 0. The monoisotopic (exact) mass is 284 g/mol. The van der Waals surface area contributed by atoms with Gasteiger partial charge in [-0.2, -0.15) is 10.2 Å². The topological polar surface area (TPSA) is 102 Å². The van der Waals surface area contributed by atoms with Gasteiger partial charge in [0.15, 0.2) is 5.69 Å². The van der Waals surface area contributed by atoms with Crippen LogP contribution in [0.5, 0.6) is 0 Å². The number of anilines is 1. The molecule has 0 radical (unpaired) electrons. The number of oxazole rings is 1. The van der Waals surface area contributed by atoms with Crippen LogP contribution >= 0.6 is 0 Å². The summed E-state index contributed by atoms with van der Waals surface area (Å²) in [5, 5.41) is 13.4. The average molecular weight is 284 g/mol. The molecule has 0 aliphatic heterocycles. The summed E-state index contributed by atoms with van der Waals surface area (Å²) in [5.41, 5.74) is 1.56. The van der Waals surface area contributed by atoms with Crippen LogP contribution in [0, 0.1) is 0 Å². The number of nitrogens with zero attached hydrogens (tertiary/aromatic N) is 4. The lowest BCUT2D eigenvalue weighted by atomic mass is 10.3. The van der Waals surface area contributed by atoms with E-state index in [2.05, 4.69) is 25.6 Å². The van der Waals surface area contributed by atoms with Crippen LogP contribution in [0.15, 0.2) is 35.5 Å². The van der Waals surface area contributed by atoms with Gasteiger partial charge >= 0.3 is 0 Å². The first kappa shape index (κ1) is 11.9. The molecular weight excluding hydrogens is 272 g/mol. The van der Waals surface area contributed by atoms with Crippen molar-refractivity contribution in [1.82, 2.24) is 25.0 Å². The number of hydrogen-bond donors (Lipinski definition) is 2. The molecule has 3 heterocycles. The van der Waals surface area contributed by atoms with Crippen molar-refractivity contribution in [3.05, 3.63) is 36.7 Å². The Morgan fingerprint density at radius 3 is 3.10 bits per heavy atom. The number of nitrogens with one attached hydrogen (secondary N) is 2. The van der Waals surface area contributed by atoms with Gasteiger partial charge in [-0.3, -0.25) is 14.6 Å². The maximum absolute atomic E-state index is 12.1. The van der Waals surface area contributed by atoms with Gasteiger partial charge in [0, 0.05) is 12.4 Å². The molecule has 1 saturated carbocycles. The van der Waals surface area contributed by atoms with Crippen molar-refractivity contribution in [3.8, 4) is 11.5 Å². The van der Waals surface area contributed by atoms with Crippen molar-refractivity contribution >= 4 is 11.6 Å². The van der Waals surface area contributed by atoms with Crippen LogP contribution < -0.4 is 5.32 Å². The fourth-order valence-electron chi connectivity index (χ4n) is 2.01. The van der Waals surface area contributed by atoms with Gasteiger partial charge in [-0.15, -0.1) is 0 Å². The predicted molar refractivity (Wildman–Crippen MR) is 72.5 cm³/mol. The van der Waals surface area contributed by atoms with Crippen LogP contribution in [-0.4, -0.2) is 30.9 Å². The van der Waals surface area contributed by atoms with Gasteiger partial charge in [-0.25, -0.2) is 4.98 Å². The lowest BCUT2D eigenvalue weighted by Crippen LogP contribution is -2.11. The Morgan fingerprint density at radius 1 is 1.43 bits per heavy atom. The predicted octanol–water partition coefficient (Wildman–Crippen LogP) is 1.85. The third-order valence-corrected chi connectivity index (χ3v) is 3.26. The van der Waals surface area contributed by atoms with Crippen LogP contribution in [-0.2, 0) is 0 Å². The molecular formula is C13H12N6O2. The van der Waals surface area contributed by atoms with Gasteiger partial charge in [-0.1, -0.05) is 0 Å². The number of H-pyrrole nitrogens is 1. The van der Waals surface area contributed by atoms with Crippen molar-refractivity contribution in [3.63, 3.8) is 0 Å². The van der Waals surface area contributed by atoms with Crippen LogP contribution in [0.2, 0.25) is 0 Å². The Labute approximate surface area is 119 Å². The highest BCUT2D eigenvalue weighted by atomic mass is 16.3. The highest BCUT2D eigenvalue weighted by Crippen LogP contribution is 2.34. The van der Waals surface area contributed by atoms with Crippen molar-refractivity contribution in [2.75, 3.05) is 5.32 Å². The number of hydrogen-bond acceptors (Lipinski definition) is 5. The summed E-state index contributed by atoms with van der Waals surface area (Å²) in [5.74, 6) is 0.0198. The third-order valence-electron chi connectivity index (χ3n) is 3.26. The van der Waals surface area contributed by atoms with Crippen molar-refractivity contribution in [2.24, 2.45) is 0 Å². The molecule has 3 aromatic heterocycles. The number of aromatic amines is 1. The molecule has 8 nitrogen and oxygen atoms in total. The van der Waals surface area contributed by atoms with E-state index in [9.17, 15) is 4.79 Å². The molecule has 0 bridgehead atoms. The first-order valence-electron chi connectivity index (χ1n) is 6.60. The third kappa shape index (κ3) is 2.31. The SMILES string of the molecule is O=C(Nc1cnn(C2CC2)c1)c1coc(-c2cn[nH]c2)n1. The van der Waals surface area contributed by atoms with Crippen LogP contribution in [0.3, 0.4) is 0 Å². The smallest absolute Gasteiger partial charge is 0.277 e. The highest BCUT2D eigenvalue weighted by Gasteiger charge is 2.24. The number of carbonyl (C=O) groups is 1. The molecule has 21 heavy (non-hydrogen) atoms. The summed E-state index contributed by atoms with van der Waals surface area (Å²) in [6.07, 6.45) is 10.3. The molecule has 1 aliphatic carbocycles. The molecule has 0 aromatic carbocycles. The van der Waals surface area contributed by atoms with E-state index in [0.717, 1.165) is 12.8 Å². The molecule has 0 unspecified atom stereocenters. The molecule has 2 N–H and O–H groups in total. The van der Waals surface area contributed by atoms with Gasteiger partial charge in [-0.05, 0) is 12.8 Å². The number of amides is 1. The Hall–Kier alpha value is -2.90. The highest BCUT2D eigenvalue weighted by molar-refractivity contribution is 6.02. The van der Waals surface area contributed by atoms with Gasteiger partial charge in [0.1, 0.15) is 6.26 Å². The second-order valence-corrected chi connectivity index (χ2v) is 4.92. The van der Waals surface area contributed by atoms with E-state index in [1.165, 1.54) is 6.26 Å². The first-order valence-corrected chi connectivity index (χ1v) is 6.60. The zero-order valence-electron chi connectivity index (χ0n) is 11.0. The van der Waals surface area contributed by atoms with Crippen molar-refractivity contribution in [1.29, 1.82) is 0 Å². The molecule has 1 amide bonds. The first-order chi connectivity index (χ1) is 10.3. The van der Waals surface area contributed by atoms with Crippen LogP contribution in [0.25, 0.3) is 11.5 Å². The minimum Gasteiger partial charge on any atom is -0.444 e. The minimum absolute atomic E-state index is 0.213. The molecule has 106 valence electrons. The molecule has 0 saturated heterocycles. The number of rotatable bonds is 4. The molecule has 8 heteroatoms. The van der Waals surface area contributed by atoms with Crippen molar-refractivity contribution in [2.45, 2.75) is 18.9 Å². The summed E-state index contributed by atoms with van der Waals surface area (Å²) in [4.78, 5) is 16.2.